The van der Waals surface area contributed by atoms with Crippen molar-refractivity contribution in [1.82, 2.24) is 29.9 Å². The lowest BCUT2D eigenvalue weighted by molar-refractivity contribution is 0.0954. The Balaban J connectivity index is 1.55. The van der Waals surface area contributed by atoms with E-state index in [-0.39, 0.29) is 11.7 Å². The number of amides is 1. The highest BCUT2D eigenvalue weighted by molar-refractivity contribution is 6.31. The van der Waals surface area contributed by atoms with Gasteiger partial charge in [0.2, 0.25) is 0 Å². The fourth-order valence-electron chi connectivity index (χ4n) is 3.50. The molecule has 31 heavy (non-hydrogen) atoms. The largest absolute Gasteiger partial charge is 0.352 e. The molecule has 1 N–H and O–H groups in total. The Kier molecular flexibility index (Phi) is 5.73. The number of hydrogen-bond donors (Lipinski definition) is 1. The van der Waals surface area contributed by atoms with Gasteiger partial charge >= 0.3 is 0 Å². The van der Waals surface area contributed by atoms with Crippen LogP contribution in [-0.4, -0.2) is 37.0 Å². The maximum atomic E-state index is 13.3. The van der Waals surface area contributed by atoms with E-state index in [1.54, 1.807) is 33.8 Å². The molecule has 4 rings (SSSR count). The van der Waals surface area contributed by atoms with E-state index in [1.165, 1.54) is 12.1 Å². The first-order valence-electron chi connectivity index (χ1n) is 9.94. The molecule has 1 amide bonds. The van der Waals surface area contributed by atoms with E-state index in [0.29, 0.717) is 58.2 Å². The summed E-state index contributed by atoms with van der Waals surface area (Å²) in [6.45, 7) is 6.66. The number of fused-ring (bicyclic) bond motifs is 1. The van der Waals surface area contributed by atoms with Crippen LogP contribution in [-0.2, 0) is 6.54 Å². The SMILES string of the molecule is Cc1cc(C(=O)NCCCn2cc(Cl)c(C)n2)c2c(C)nn(-c3ccc(F)cc3)c2n1. The van der Waals surface area contributed by atoms with Crippen molar-refractivity contribution in [2.75, 3.05) is 6.54 Å². The number of aryl methyl sites for hydroxylation is 4. The van der Waals surface area contributed by atoms with Crippen molar-refractivity contribution in [1.29, 1.82) is 0 Å². The van der Waals surface area contributed by atoms with Gasteiger partial charge in [-0.1, -0.05) is 11.6 Å². The first kappa shape index (κ1) is 21.0. The number of carbonyl (C=O) groups excluding carboxylic acids is 1. The van der Waals surface area contributed by atoms with Gasteiger partial charge in [-0.15, -0.1) is 0 Å². The van der Waals surface area contributed by atoms with Crippen LogP contribution < -0.4 is 5.32 Å². The fourth-order valence-corrected chi connectivity index (χ4v) is 3.65. The van der Waals surface area contributed by atoms with Gasteiger partial charge in [-0.25, -0.2) is 14.1 Å². The molecule has 7 nitrogen and oxygen atoms in total. The standard InChI is InChI=1S/C22H22ClFN6O/c1-13-11-18(22(31)25-9-4-10-29-12-19(23)14(2)27-29)20-15(3)28-30(21(20)26-13)17-7-5-16(24)6-8-17/h5-8,11-12H,4,9-10H2,1-3H3,(H,25,31). The molecule has 9 heteroatoms. The Morgan fingerprint density at radius 3 is 2.55 bits per heavy atom. The predicted molar refractivity (Wildman–Crippen MR) is 117 cm³/mol. The van der Waals surface area contributed by atoms with Gasteiger partial charge in [-0.3, -0.25) is 9.48 Å². The van der Waals surface area contributed by atoms with Crippen LogP contribution in [0, 0.1) is 26.6 Å². The molecule has 0 atom stereocenters. The highest BCUT2D eigenvalue weighted by Crippen LogP contribution is 2.25. The molecule has 160 valence electrons. The van der Waals surface area contributed by atoms with Crippen molar-refractivity contribution in [3.8, 4) is 5.69 Å². The summed E-state index contributed by atoms with van der Waals surface area (Å²) in [5, 5.41) is 13.1. The summed E-state index contributed by atoms with van der Waals surface area (Å²) in [6.07, 6.45) is 2.49. The number of hydrogen-bond acceptors (Lipinski definition) is 4. The van der Waals surface area contributed by atoms with Gasteiger partial charge < -0.3 is 5.32 Å². The average Bonchev–Trinajstić information content (AvgIpc) is 3.23. The van der Waals surface area contributed by atoms with Gasteiger partial charge in [-0.05, 0) is 57.5 Å². The van der Waals surface area contributed by atoms with Gasteiger partial charge in [0.25, 0.3) is 5.91 Å². The summed E-state index contributed by atoms with van der Waals surface area (Å²) in [5.74, 6) is -0.513. The Morgan fingerprint density at radius 2 is 1.87 bits per heavy atom. The summed E-state index contributed by atoms with van der Waals surface area (Å²) >= 11 is 6.03. The Morgan fingerprint density at radius 1 is 1.13 bits per heavy atom. The monoisotopic (exact) mass is 440 g/mol. The van der Waals surface area contributed by atoms with E-state index in [4.69, 9.17) is 11.6 Å². The molecule has 0 radical (unpaired) electrons. The van der Waals surface area contributed by atoms with Crippen LogP contribution in [0.4, 0.5) is 4.39 Å². The van der Waals surface area contributed by atoms with E-state index in [2.05, 4.69) is 20.5 Å². The first-order chi connectivity index (χ1) is 14.8. The van der Waals surface area contributed by atoms with Crippen LogP contribution in [0.3, 0.4) is 0 Å². The number of aromatic nitrogens is 5. The fraction of sp³-hybridized carbons (Fsp3) is 0.273. The van der Waals surface area contributed by atoms with Crippen molar-refractivity contribution < 1.29 is 9.18 Å². The minimum atomic E-state index is -0.325. The topological polar surface area (TPSA) is 77.6 Å². The molecule has 3 heterocycles. The number of rotatable bonds is 6. The molecule has 0 aliphatic heterocycles. The number of pyridine rings is 1. The van der Waals surface area contributed by atoms with Gasteiger partial charge in [0.1, 0.15) is 5.82 Å². The molecule has 0 aliphatic carbocycles. The van der Waals surface area contributed by atoms with Crippen LogP contribution >= 0.6 is 11.6 Å². The van der Waals surface area contributed by atoms with E-state index in [1.807, 2.05) is 20.8 Å². The normalized spacial score (nSPS) is 11.3. The molecule has 0 saturated carbocycles. The summed E-state index contributed by atoms with van der Waals surface area (Å²) in [7, 11) is 0. The lowest BCUT2D eigenvalue weighted by Gasteiger charge is -2.09. The van der Waals surface area contributed by atoms with Crippen molar-refractivity contribution in [2.45, 2.75) is 33.7 Å². The van der Waals surface area contributed by atoms with E-state index >= 15 is 0 Å². The summed E-state index contributed by atoms with van der Waals surface area (Å²) in [6, 6.07) is 7.77. The second-order valence-corrected chi connectivity index (χ2v) is 7.83. The number of nitrogens with one attached hydrogen (secondary N) is 1. The molecular formula is C22H22ClFN6O. The Hall–Kier alpha value is -3.26. The van der Waals surface area contributed by atoms with Crippen molar-refractivity contribution in [3.05, 3.63) is 70.0 Å². The van der Waals surface area contributed by atoms with E-state index < -0.39 is 0 Å². The molecule has 0 bridgehead atoms. The van der Waals surface area contributed by atoms with Crippen LogP contribution in [0.1, 0.15) is 33.9 Å². The zero-order valence-electron chi connectivity index (χ0n) is 17.5. The van der Waals surface area contributed by atoms with Gasteiger partial charge in [0.15, 0.2) is 5.65 Å². The lowest BCUT2D eigenvalue weighted by atomic mass is 10.1. The van der Waals surface area contributed by atoms with Crippen LogP contribution in [0.15, 0.2) is 36.5 Å². The molecule has 4 aromatic rings. The molecule has 0 aliphatic rings. The number of nitrogens with zero attached hydrogens (tertiary/aromatic N) is 5. The molecule has 3 aromatic heterocycles. The summed E-state index contributed by atoms with van der Waals surface area (Å²) < 4.78 is 16.7. The minimum Gasteiger partial charge on any atom is -0.352 e. The smallest absolute Gasteiger partial charge is 0.252 e. The maximum Gasteiger partial charge on any atom is 0.252 e. The van der Waals surface area contributed by atoms with E-state index in [0.717, 1.165) is 5.69 Å². The number of carbonyl (C=O) groups is 1. The number of halogens is 2. The third-order valence-corrected chi connectivity index (χ3v) is 5.36. The van der Waals surface area contributed by atoms with Crippen LogP contribution in [0.25, 0.3) is 16.7 Å². The zero-order valence-corrected chi connectivity index (χ0v) is 18.2. The number of benzene rings is 1. The van der Waals surface area contributed by atoms with Crippen LogP contribution in [0.2, 0.25) is 5.02 Å². The molecule has 0 fully saturated rings. The minimum absolute atomic E-state index is 0.188. The molecular weight excluding hydrogens is 419 g/mol. The van der Waals surface area contributed by atoms with Crippen molar-refractivity contribution in [2.24, 2.45) is 0 Å². The molecule has 1 aromatic carbocycles. The average molecular weight is 441 g/mol. The molecule has 0 saturated heterocycles. The summed E-state index contributed by atoms with van der Waals surface area (Å²) in [4.78, 5) is 17.5. The molecule has 0 spiro atoms. The van der Waals surface area contributed by atoms with Gasteiger partial charge in [0.05, 0.1) is 33.0 Å². The zero-order chi connectivity index (χ0) is 22.1. The second kappa shape index (κ2) is 8.47. The Bertz CT molecular complexity index is 1240. The third kappa shape index (κ3) is 4.29. The third-order valence-electron chi connectivity index (χ3n) is 4.99. The second-order valence-electron chi connectivity index (χ2n) is 7.42. The highest BCUT2D eigenvalue weighted by Gasteiger charge is 2.19. The summed E-state index contributed by atoms with van der Waals surface area (Å²) in [5.41, 5.74) is 3.93. The van der Waals surface area contributed by atoms with Gasteiger partial charge in [-0.2, -0.15) is 10.2 Å². The van der Waals surface area contributed by atoms with E-state index in [9.17, 15) is 9.18 Å². The maximum absolute atomic E-state index is 13.3. The highest BCUT2D eigenvalue weighted by atomic mass is 35.5. The predicted octanol–water partition coefficient (Wildman–Crippen LogP) is 4.15. The van der Waals surface area contributed by atoms with Crippen molar-refractivity contribution >= 4 is 28.5 Å². The van der Waals surface area contributed by atoms with Gasteiger partial charge in [0, 0.05) is 25.0 Å². The lowest BCUT2D eigenvalue weighted by Crippen LogP contribution is -2.26. The quantitative estimate of drug-likeness (QED) is 0.457. The first-order valence-corrected chi connectivity index (χ1v) is 10.3. The van der Waals surface area contributed by atoms with Crippen LogP contribution in [0.5, 0.6) is 0 Å². The Labute approximate surface area is 183 Å². The molecule has 0 unspecified atom stereocenters. The van der Waals surface area contributed by atoms with Crippen molar-refractivity contribution in [3.63, 3.8) is 0 Å².